The molecule has 0 aliphatic rings. The number of aliphatic hydroxyl groups is 1. The van der Waals surface area contributed by atoms with Crippen LogP contribution in [-0.2, 0) is 4.79 Å². The van der Waals surface area contributed by atoms with Gasteiger partial charge in [-0.1, -0.05) is 0 Å². The Hall–Kier alpha value is -3.46. The minimum atomic E-state index is -0.611. The molecule has 2 aromatic rings. The van der Waals surface area contributed by atoms with Crippen molar-refractivity contribution < 1.29 is 24.0 Å². The molecule has 0 fully saturated rings. The summed E-state index contributed by atoms with van der Waals surface area (Å²) in [5.41, 5.74) is 0.344. The predicted molar refractivity (Wildman–Crippen MR) is 92.0 cm³/mol. The molecule has 0 bridgehead atoms. The highest BCUT2D eigenvalue weighted by Gasteiger charge is 2.16. The maximum atomic E-state index is 12.3. The largest absolute Gasteiger partial charge is 0.459 e. The summed E-state index contributed by atoms with van der Waals surface area (Å²) in [5, 5.41) is 24.5. The van der Waals surface area contributed by atoms with E-state index in [4.69, 9.17) is 9.52 Å². The van der Waals surface area contributed by atoms with Crippen LogP contribution in [0.5, 0.6) is 0 Å². The van der Waals surface area contributed by atoms with E-state index >= 15 is 0 Å². The molecule has 0 atom stereocenters. The van der Waals surface area contributed by atoms with Crippen molar-refractivity contribution in [1.29, 1.82) is 0 Å². The summed E-state index contributed by atoms with van der Waals surface area (Å²) in [4.78, 5) is 34.6. The van der Waals surface area contributed by atoms with E-state index in [2.05, 4.69) is 10.6 Å². The number of nitro benzene ring substituents is 1. The molecule has 136 valence electrons. The molecule has 0 radical (unpaired) electrons. The van der Waals surface area contributed by atoms with Gasteiger partial charge in [0, 0.05) is 25.3 Å². The Morgan fingerprint density at radius 3 is 2.54 bits per heavy atom. The Labute approximate surface area is 148 Å². The van der Waals surface area contributed by atoms with Crippen molar-refractivity contribution in [3.05, 3.63) is 69.8 Å². The van der Waals surface area contributed by atoms with Gasteiger partial charge >= 0.3 is 0 Å². The number of hydrogen-bond donors (Lipinski definition) is 3. The number of carbonyl (C=O) groups excluding carboxylic acids is 2. The highest BCUT2D eigenvalue weighted by atomic mass is 16.6. The average Bonchev–Trinajstić information content (AvgIpc) is 3.16. The van der Waals surface area contributed by atoms with Gasteiger partial charge in [0.05, 0.1) is 11.2 Å². The maximum Gasteiger partial charge on any atom is 0.291 e. The van der Waals surface area contributed by atoms with Crippen LogP contribution in [0.4, 0.5) is 5.69 Å². The summed E-state index contributed by atoms with van der Waals surface area (Å²) in [6.45, 7) is 0.143. The number of furan rings is 1. The van der Waals surface area contributed by atoms with Crippen molar-refractivity contribution in [3.63, 3.8) is 0 Å². The fourth-order valence-electron chi connectivity index (χ4n) is 1.99. The Morgan fingerprint density at radius 2 is 1.96 bits per heavy atom. The quantitative estimate of drug-likeness (QED) is 0.283. The number of aliphatic hydroxyl groups excluding tert-OH is 1. The molecule has 0 aliphatic carbocycles. The monoisotopic (exact) mass is 359 g/mol. The molecule has 9 nitrogen and oxygen atoms in total. The van der Waals surface area contributed by atoms with Gasteiger partial charge in [0.2, 0.25) is 0 Å². The zero-order valence-corrected chi connectivity index (χ0v) is 13.7. The fourth-order valence-corrected chi connectivity index (χ4v) is 1.99. The van der Waals surface area contributed by atoms with Crippen molar-refractivity contribution in [2.75, 3.05) is 13.2 Å². The van der Waals surface area contributed by atoms with Gasteiger partial charge in [-0.05, 0) is 42.3 Å². The molecule has 26 heavy (non-hydrogen) atoms. The zero-order chi connectivity index (χ0) is 18.9. The molecule has 1 aromatic carbocycles. The first kappa shape index (κ1) is 18.9. The number of nitro groups is 1. The van der Waals surface area contributed by atoms with Crippen molar-refractivity contribution in [1.82, 2.24) is 10.6 Å². The molecule has 2 rings (SSSR count). The van der Waals surface area contributed by atoms with Crippen LogP contribution in [0.25, 0.3) is 6.08 Å². The highest BCUT2D eigenvalue weighted by Crippen LogP contribution is 2.14. The van der Waals surface area contributed by atoms with Gasteiger partial charge in [0.25, 0.3) is 17.5 Å². The lowest BCUT2D eigenvalue weighted by atomic mass is 10.1. The Balaban J connectivity index is 2.21. The minimum Gasteiger partial charge on any atom is -0.459 e. The minimum absolute atomic E-state index is 0.0303. The van der Waals surface area contributed by atoms with Gasteiger partial charge in [-0.3, -0.25) is 19.7 Å². The van der Waals surface area contributed by atoms with Gasteiger partial charge < -0.3 is 20.2 Å². The normalized spacial score (nSPS) is 11.0. The first-order valence-corrected chi connectivity index (χ1v) is 7.71. The number of nitrogens with zero attached hydrogens (tertiary/aromatic N) is 1. The van der Waals surface area contributed by atoms with Crippen LogP contribution in [0.15, 0.2) is 52.8 Å². The summed E-state index contributed by atoms with van der Waals surface area (Å²) in [6.07, 6.45) is 3.08. The third-order valence-electron chi connectivity index (χ3n) is 3.27. The molecule has 9 heteroatoms. The molecule has 0 spiro atoms. The zero-order valence-electron chi connectivity index (χ0n) is 13.7. The van der Waals surface area contributed by atoms with Crippen LogP contribution < -0.4 is 10.6 Å². The number of amides is 2. The summed E-state index contributed by atoms with van der Waals surface area (Å²) in [6, 6.07) is 8.48. The van der Waals surface area contributed by atoms with Crippen LogP contribution in [0.2, 0.25) is 0 Å². The second-order valence-corrected chi connectivity index (χ2v) is 5.17. The number of rotatable bonds is 8. The van der Waals surface area contributed by atoms with Crippen LogP contribution >= 0.6 is 0 Å². The Kier molecular flexibility index (Phi) is 6.63. The summed E-state index contributed by atoms with van der Waals surface area (Å²) in [7, 11) is 0. The number of benzene rings is 1. The second-order valence-electron chi connectivity index (χ2n) is 5.17. The van der Waals surface area contributed by atoms with E-state index in [1.54, 1.807) is 0 Å². The molecule has 0 saturated carbocycles. The van der Waals surface area contributed by atoms with E-state index in [-0.39, 0.29) is 30.3 Å². The lowest BCUT2D eigenvalue weighted by molar-refractivity contribution is -0.384. The van der Waals surface area contributed by atoms with Gasteiger partial charge in [0.1, 0.15) is 5.70 Å². The molecule has 3 N–H and O–H groups in total. The Bertz CT molecular complexity index is 796. The number of non-ortho nitro benzene ring substituents is 1. The summed E-state index contributed by atoms with van der Waals surface area (Å²) in [5.74, 6) is -1.14. The van der Waals surface area contributed by atoms with Crippen molar-refractivity contribution in [2.45, 2.75) is 6.42 Å². The summed E-state index contributed by atoms with van der Waals surface area (Å²) < 4.78 is 4.99. The van der Waals surface area contributed by atoms with Crippen LogP contribution in [-0.4, -0.2) is 35.0 Å². The lowest BCUT2D eigenvalue weighted by Gasteiger charge is -2.10. The molecule has 0 aliphatic heterocycles. The van der Waals surface area contributed by atoms with Crippen LogP contribution in [0.1, 0.15) is 22.5 Å². The van der Waals surface area contributed by atoms with Crippen molar-refractivity contribution in [2.24, 2.45) is 0 Å². The molecule has 0 unspecified atom stereocenters. The maximum absolute atomic E-state index is 12.3. The molecular formula is C17H17N3O6. The Morgan fingerprint density at radius 1 is 1.23 bits per heavy atom. The first-order chi connectivity index (χ1) is 12.5. The van der Waals surface area contributed by atoms with Crippen molar-refractivity contribution >= 4 is 23.6 Å². The lowest BCUT2D eigenvalue weighted by Crippen LogP contribution is -2.35. The molecule has 2 amide bonds. The van der Waals surface area contributed by atoms with Crippen molar-refractivity contribution in [3.8, 4) is 0 Å². The fraction of sp³-hybridized carbons (Fsp3) is 0.176. The van der Waals surface area contributed by atoms with E-state index in [0.717, 1.165) is 0 Å². The number of carbonyl (C=O) groups is 2. The van der Waals surface area contributed by atoms with Gasteiger partial charge in [-0.2, -0.15) is 0 Å². The highest BCUT2D eigenvalue weighted by molar-refractivity contribution is 6.04. The first-order valence-electron chi connectivity index (χ1n) is 7.71. The SMILES string of the molecule is O=C(NCCCO)/C(=C\c1ccc([N+](=O)[O-])cc1)NC(=O)c1ccco1. The van der Waals surface area contributed by atoms with E-state index in [1.807, 2.05) is 0 Å². The van der Waals surface area contributed by atoms with Crippen LogP contribution in [0.3, 0.4) is 0 Å². The summed E-state index contributed by atoms with van der Waals surface area (Å²) >= 11 is 0. The molecule has 1 heterocycles. The van der Waals surface area contributed by atoms with Crippen LogP contribution in [0, 0.1) is 10.1 Å². The number of hydrogen-bond acceptors (Lipinski definition) is 6. The molecule has 0 saturated heterocycles. The van der Waals surface area contributed by atoms with Gasteiger partial charge in [-0.25, -0.2) is 0 Å². The topological polar surface area (TPSA) is 135 Å². The standard InChI is InChI=1S/C17H17N3O6/c21-9-2-8-18-16(22)14(19-17(23)15-3-1-10-26-15)11-12-4-6-13(7-5-12)20(24)25/h1,3-7,10-11,21H,2,8-9H2,(H,18,22)(H,19,23)/b14-11+. The van der Waals surface area contributed by atoms with E-state index in [0.29, 0.717) is 12.0 Å². The number of nitrogens with one attached hydrogen (secondary N) is 2. The van der Waals surface area contributed by atoms with E-state index in [9.17, 15) is 19.7 Å². The third kappa shape index (κ3) is 5.28. The third-order valence-corrected chi connectivity index (χ3v) is 3.27. The average molecular weight is 359 g/mol. The van der Waals surface area contributed by atoms with Gasteiger partial charge in [-0.15, -0.1) is 0 Å². The second kappa shape index (κ2) is 9.14. The smallest absolute Gasteiger partial charge is 0.291 e. The van der Waals surface area contributed by atoms with Gasteiger partial charge in [0.15, 0.2) is 5.76 Å². The molecular weight excluding hydrogens is 342 g/mol. The van der Waals surface area contributed by atoms with E-state index < -0.39 is 16.7 Å². The predicted octanol–water partition coefficient (Wildman–Crippen LogP) is 1.46. The molecule has 1 aromatic heterocycles. The van der Waals surface area contributed by atoms with E-state index in [1.165, 1.54) is 48.7 Å².